The number of carbonyl (C=O) groups is 1. The van der Waals surface area contributed by atoms with E-state index < -0.39 is 0 Å². The summed E-state index contributed by atoms with van der Waals surface area (Å²) in [5, 5.41) is 4.75. The van der Waals surface area contributed by atoms with Gasteiger partial charge in [-0.15, -0.1) is 24.0 Å². The van der Waals surface area contributed by atoms with E-state index in [1.54, 1.807) is 6.07 Å². The number of thiol groups is 1. The average Bonchev–Trinajstić information content (AvgIpc) is 2.77. The van der Waals surface area contributed by atoms with Gasteiger partial charge in [0, 0.05) is 16.8 Å². The molecule has 0 saturated carbocycles. The molecule has 0 aliphatic heterocycles. The van der Waals surface area contributed by atoms with Crippen molar-refractivity contribution in [3.63, 3.8) is 0 Å². The zero-order valence-electron chi connectivity index (χ0n) is 9.22. The number of hydrogen-bond donors (Lipinski definition) is 2. The van der Waals surface area contributed by atoms with Gasteiger partial charge in [-0.2, -0.15) is 0 Å². The van der Waals surface area contributed by atoms with E-state index in [2.05, 4.69) is 30.1 Å². The Bertz CT molecular complexity index is 493. The summed E-state index contributed by atoms with van der Waals surface area (Å²) in [6, 6.07) is 11.9. The third-order valence-corrected chi connectivity index (χ3v) is 3.71. The lowest BCUT2D eigenvalue weighted by Gasteiger charge is -2.03. The molecule has 17 heavy (non-hydrogen) atoms. The van der Waals surface area contributed by atoms with Crippen molar-refractivity contribution in [1.82, 2.24) is 5.32 Å². The second-order valence-corrected chi connectivity index (χ2v) is 5.09. The minimum Gasteiger partial charge on any atom is -0.351 e. The van der Waals surface area contributed by atoms with Crippen LogP contribution in [0.1, 0.15) is 15.2 Å². The maximum Gasteiger partial charge on any atom is 0.261 e. The summed E-state index contributed by atoms with van der Waals surface area (Å²) >= 11 is 5.59. The zero-order valence-corrected chi connectivity index (χ0v) is 10.9. The van der Waals surface area contributed by atoms with E-state index in [0.717, 1.165) is 11.3 Å². The second kappa shape index (κ2) is 5.89. The Morgan fingerprint density at radius 1 is 1.29 bits per heavy atom. The molecule has 0 fully saturated rings. The minimum absolute atomic E-state index is 0.0220. The Labute approximate surface area is 110 Å². The van der Waals surface area contributed by atoms with E-state index in [4.69, 9.17) is 0 Å². The SMILES string of the molecule is O=C(NCCc1ccccc1)c1cc(S)cs1. The zero-order chi connectivity index (χ0) is 12.1. The van der Waals surface area contributed by atoms with Crippen molar-refractivity contribution in [2.75, 3.05) is 6.54 Å². The van der Waals surface area contributed by atoms with Crippen LogP contribution in [0.3, 0.4) is 0 Å². The number of rotatable bonds is 4. The first kappa shape index (κ1) is 12.2. The summed E-state index contributed by atoms with van der Waals surface area (Å²) in [7, 11) is 0. The number of thiophene rings is 1. The highest BCUT2D eigenvalue weighted by atomic mass is 32.1. The molecule has 2 rings (SSSR count). The average molecular weight is 263 g/mol. The second-order valence-electron chi connectivity index (χ2n) is 3.66. The van der Waals surface area contributed by atoms with Crippen LogP contribution in [0.2, 0.25) is 0 Å². The molecular weight excluding hydrogens is 250 g/mol. The van der Waals surface area contributed by atoms with Gasteiger partial charge in [0.05, 0.1) is 4.88 Å². The van der Waals surface area contributed by atoms with Gasteiger partial charge in [-0.3, -0.25) is 4.79 Å². The molecule has 0 bridgehead atoms. The molecule has 88 valence electrons. The third kappa shape index (κ3) is 3.61. The quantitative estimate of drug-likeness (QED) is 0.816. The third-order valence-electron chi connectivity index (χ3n) is 2.35. The molecule has 1 aromatic carbocycles. The van der Waals surface area contributed by atoms with Crippen LogP contribution in [0, 0.1) is 0 Å². The lowest BCUT2D eigenvalue weighted by Crippen LogP contribution is -2.24. The van der Waals surface area contributed by atoms with Crippen LogP contribution in [-0.4, -0.2) is 12.5 Å². The maximum atomic E-state index is 11.7. The maximum absolute atomic E-state index is 11.7. The number of amides is 1. The van der Waals surface area contributed by atoms with Crippen LogP contribution < -0.4 is 5.32 Å². The molecule has 0 radical (unpaired) electrons. The number of benzene rings is 1. The monoisotopic (exact) mass is 263 g/mol. The fraction of sp³-hybridized carbons (Fsp3) is 0.154. The molecule has 0 atom stereocenters. The summed E-state index contributed by atoms with van der Waals surface area (Å²) in [6.07, 6.45) is 0.853. The van der Waals surface area contributed by atoms with Crippen molar-refractivity contribution < 1.29 is 4.79 Å². The number of carbonyl (C=O) groups excluding carboxylic acids is 1. The largest absolute Gasteiger partial charge is 0.351 e. The van der Waals surface area contributed by atoms with Gasteiger partial charge in [0.1, 0.15) is 0 Å². The first-order valence-corrected chi connectivity index (χ1v) is 6.68. The molecule has 0 aliphatic rings. The standard InChI is InChI=1S/C13H13NOS2/c15-13(12-8-11(16)9-17-12)14-7-6-10-4-2-1-3-5-10/h1-5,8-9,16H,6-7H2,(H,14,15). The molecule has 1 aromatic heterocycles. The summed E-state index contributed by atoms with van der Waals surface area (Å²) < 4.78 is 0. The van der Waals surface area contributed by atoms with Gasteiger partial charge < -0.3 is 5.32 Å². The van der Waals surface area contributed by atoms with Gasteiger partial charge in [-0.25, -0.2) is 0 Å². The van der Waals surface area contributed by atoms with Crippen molar-refractivity contribution in [3.8, 4) is 0 Å². The van der Waals surface area contributed by atoms with Gasteiger partial charge in [-0.05, 0) is 18.1 Å². The van der Waals surface area contributed by atoms with Crippen molar-refractivity contribution in [1.29, 1.82) is 0 Å². The lowest BCUT2D eigenvalue weighted by atomic mass is 10.1. The molecule has 0 spiro atoms. The molecule has 2 aromatic rings. The molecule has 1 N–H and O–H groups in total. The van der Waals surface area contributed by atoms with Crippen LogP contribution in [0.5, 0.6) is 0 Å². The summed E-state index contributed by atoms with van der Waals surface area (Å²) in [6.45, 7) is 0.655. The Balaban J connectivity index is 1.81. The molecule has 0 aliphatic carbocycles. The number of nitrogens with one attached hydrogen (secondary N) is 1. The predicted molar refractivity (Wildman–Crippen MR) is 74.1 cm³/mol. The minimum atomic E-state index is -0.0220. The van der Waals surface area contributed by atoms with Crippen LogP contribution in [0.15, 0.2) is 46.7 Å². The van der Waals surface area contributed by atoms with E-state index >= 15 is 0 Å². The Morgan fingerprint density at radius 2 is 2.06 bits per heavy atom. The smallest absolute Gasteiger partial charge is 0.261 e. The fourth-order valence-corrected chi connectivity index (χ4v) is 2.56. The van der Waals surface area contributed by atoms with Crippen LogP contribution in [0.4, 0.5) is 0 Å². The summed E-state index contributed by atoms with van der Waals surface area (Å²) in [4.78, 5) is 13.3. The highest BCUT2D eigenvalue weighted by molar-refractivity contribution is 7.80. The van der Waals surface area contributed by atoms with E-state index in [1.165, 1.54) is 16.9 Å². The Morgan fingerprint density at radius 3 is 2.71 bits per heavy atom. The van der Waals surface area contributed by atoms with Crippen molar-refractivity contribution in [2.45, 2.75) is 11.3 Å². The highest BCUT2D eigenvalue weighted by Crippen LogP contribution is 2.17. The van der Waals surface area contributed by atoms with Gasteiger partial charge in [-0.1, -0.05) is 30.3 Å². The lowest BCUT2D eigenvalue weighted by molar-refractivity contribution is 0.0958. The van der Waals surface area contributed by atoms with Crippen LogP contribution >= 0.6 is 24.0 Å². The van der Waals surface area contributed by atoms with E-state index in [0.29, 0.717) is 11.4 Å². The van der Waals surface area contributed by atoms with Crippen molar-refractivity contribution in [2.24, 2.45) is 0 Å². The van der Waals surface area contributed by atoms with E-state index in [9.17, 15) is 4.79 Å². The van der Waals surface area contributed by atoms with Crippen LogP contribution in [0.25, 0.3) is 0 Å². The van der Waals surface area contributed by atoms with Crippen molar-refractivity contribution >= 4 is 29.9 Å². The van der Waals surface area contributed by atoms with Gasteiger partial charge in [0.15, 0.2) is 0 Å². The van der Waals surface area contributed by atoms with Crippen LogP contribution in [-0.2, 0) is 6.42 Å². The molecule has 0 saturated heterocycles. The molecule has 2 nitrogen and oxygen atoms in total. The summed E-state index contributed by atoms with van der Waals surface area (Å²) in [5.41, 5.74) is 1.23. The first-order valence-electron chi connectivity index (χ1n) is 5.35. The Kier molecular flexibility index (Phi) is 4.23. The van der Waals surface area contributed by atoms with Gasteiger partial charge >= 0.3 is 0 Å². The van der Waals surface area contributed by atoms with Gasteiger partial charge in [0.2, 0.25) is 0 Å². The van der Waals surface area contributed by atoms with E-state index in [1.807, 2.05) is 23.6 Å². The molecule has 0 unspecified atom stereocenters. The normalized spacial score (nSPS) is 10.2. The van der Waals surface area contributed by atoms with Crippen molar-refractivity contribution in [3.05, 3.63) is 52.2 Å². The fourth-order valence-electron chi connectivity index (χ4n) is 1.50. The van der Waals surface area contributed by atoms with E-state index in [-0.39, 0.29) is 5.91 Å². The topological polar surface area (TPSA) is 29.1 Å². The molecule has 4 heteroatoms. The molecule has 1 heterocycles. The number of hydrogen-bond acceptors (Lipinski definition) is 3. The Hall–Kier alpha value is -1.26. The van der Waals surface area contributed by atoms with Gasteiger partial charge in [0.25, 0.3) is 5.91 Å². The predicted octanol–water partition coefficient (Wildman–Crippen LogP) is 3.01. The summed E-state index contributed by atoms with van der Waals surface area (Å²) in [5.74, 6) is -0.0220. The highest BCUT2D eigenvalue weighted by Gasteiger charge is 2.06. The molecular formula is C13H13NOS2. The molecule has 1 amide bonds. The first-order chi connectivity index (χ1) is 8.25.